The third-order valence-corrected chi connectivity index (χ3v) is 5.69. The van der Waals surface area contributed by atoms with Gasteiger partial charge in [-0.3, -0.25) is 4.90 Å². The van der Waals surface area contributed by atoms with Crippen LogP contribution in [0.1, 0.15) is 72.1 Å². The average Bonchev–Trinajstić information content (AvgIpc) is 3.06. The zero-order chi connectivity index (χ0) is 14.9. The Balaban J connectivity index is 1.56. The predicted molar refractivity (Wildman–Crippen MR) is 90.5 cm³/mol. The van der Waals surface area contributed by atoms with Crippen molar-refractivity contribution in [2.45, 2.75) is 84.2 Å². The molecule has 0 aromatic rings. The van der Waals surface area contributed by atoms with Gasteiger partial charge in [0.1, 0.15) is 0 Å². The molecule has 0 aromatic heterocycles. The van der Waals surface area contributed by atoms with Crippen LogP contribution in [0, 0.1) is 17.3 Å². The molecule has 2 unspecified atom stereocenters. The first kappa shape index (κ1) is 15.8. The number of piperidine rings is 1. The second-order valence-electron chi connectivity index (χ2n) is 9.31. The summed E-state index contributed by atoms with van der Waals surface area (Å²) >= 11 is 0. The van der Waals surface area contributed by atoms with Crippen LogP contribution in [0.25, 0.3) is 0 Å². The second-order valence-corrected chi connectivity index (χ2v) is 9.31. The molecule has 3 aliphatic rings. The van der Waals surface area contributed by atoms with E-state index < -0.39 is 0 Å². The van der Waals surface area contributed by atoms with E-state index in [-0.39, 0.29) is 0 Å². The number of nitrogens with one attached hydrogen (secondary N) is 1. The minimum Gasteiger partial charge on any atom is -0.312 e. The van der Waals surface area contributed by atoms with Gasteiger partial charge in [0.25, 0.3) is 0 Å². The van der Waals surface area contributed by atoms with Crippen LogP contribution >= 0.6 is 0 Å². The Morgan fingerprint density at radius 2 is 1.67 bits per heavy atom. The molecular weight excluding hydrogens is 256 g/mol. The lowest BCUT2D eigenvalue weighted by atomic mass is 9.87. The summed E-state index contributed by atoms with van der Waals surface area (Å²) in [5, 5.41) is 3.90. The van der Waals surface area contributed by atoms with E-state index in [4.69, 9.17) is 0 Å². The first-order valence-corrected chi connectivity index (χ1v) is 9.47. The van der Waals surface area contributed by atoms with Gasteiger partial charge in [-0.2, -0.15) is 0 Å². The summed E-state index contributed by atoms with van der Waals surface area (Å²) in [6.45, 7) is 10.9. The van der Waals surface area contributed by atoms with E-state index in [2.05, 4.69) is 31.0 Å². The largest absolute Gasteiger partial charge is 0.312 e. The van der Waals surface area contributed by atoms with Gasteiger partial charge in [-0.05, 0) is 42.9 Å². The SMILES string of the molecule is CC(C)(C)CNC1CC(CC2CC2)CN(C2CCCC2)C1. The van der Waals surface area contributed by atoms with Gasteiger partial charge in [0.05, 0.1) is 0 Å². The van der Waals surface area contributed by atoms with Crippen molar-refractivity contribution in [3.63, 3.8) is 0 Å². The van der Waals surface area contributed by atoms with E-state index in [1.54, 1.807) is 0 Å². The highest BCUT2D eigenvalue weighted by atomic mass is 15.2. The molecule has 2 atom stereocenters. The Hall–Kier alpha value is -0.0800. The molecule has 0 amide bonds. The highest BCUT2D eigenvalue weighted by Crippen LogP contribution is 2.39. The molecule has 2 heteroatoms. The summed E-state index contributed by atoms with van der Waals surface area (Å²) in [7, 11) is 0. The quantitative estimate of drug-likeness (QED) is 0.822. The fourth-order valence-corrected chi connectivity index (χ4v) is 4.40. The van der Waals surface area contributed by atoms with Gasteiger partial charge in [0.15, 0.2) is 0 Å². The summed E-state index contributed by atoms with van der Waals surface area (Å²) in [5.74, 6) is 2.05. The summed E-state index contributed by atoms with van der Waals surface area (Å²) < 4.78 is 0. The standard InChI is InChI=1S/C19H36N2/c1-19(2,3)14-20-17-11-16(10-15-8-9-15)12-21(13-17)18-6-4-5-7-18/h15-18,20H,4-14H2,1-3H3. The molecule has 1 saturated heterocycles. The van der Waals surface area contributed by atoms with Crippen molar-refractivity contribution in [2.24, 2.45) is 17.3 Å². The van der Waals surface area contributed by atoms with Crippen molar-refractivity contribution in [1.29, 1.82) is 0 Å². The Morgan fingerprint density at radius 1 is 0.952 bits per heavy atom. The molecule has 2 aliphatic carbocycles. The number of hydrogen-bond donors (Lipinski definition) is 1. The lowest BCUT2D eigenvalue weighted by Gasteiger charge is -2.42. The zero-order valence-corrected chi connectivity index (χ0v) is 14.5. The third kappa shape index (κ3) is 4.96. The minimum absolute atomic E-state index is 0.404. The van der Waals surface area contributed by atoms with Gasteiger partial charge >= 0.3 is 0 Å². The maximum atomic E-state index is 3.90. The van der Waals surface area contributed by atoms with Crippen molar-refractivity contribution in [3.8, 4) is 0 Å². The van der Waals surface area contributed by atoms with Crippen LogP contribution in [-0.2, 0) is 0 Å². The number of hydrogen-bond acceptors (Lipinski definition) is 2. The predicted octanol–water partition coefficient (Wildman–Crippen LogP) is 4.06. The summed E-state index contributed by atoms with van der Waals surface area (Å²) in [6.07, 6.45) is 11.8. The van der Waals surface area contributed by atoms with Crippen molar-refractivity contribution >= 4 is 0 Å². The van der Waals surface area contributed by atoms with Crippen molar-refractivity contribution in [1.82, 2.24) is 10.2 Å². The molecule has 0 radical (unpaired) electrons. The highest BCUT2D eigenvalue weighted by molar-refractivity contribution is 4.91. The molecule has 1 heterocycles. The first-order valence-electron chi connectivity index (χ1n) is 9.47. The average molecular weight is 293 g/mol. The Kier molecular flexibility index (Phi) is 4.95. The van der Waals surface area contributed by atoms with Crippen LogP contribution in [-0.4, -0.2) is 36.6 Å². The Morgan fingerprint density at radius 3 is 2.29 bits per heavy atom. The van der Waals surface area contributed by atoms with Gasteiger partial charge < -0.3 is 5.32 Å². The first-order chi connectivity index (χ1) is 9.99. The van der Waals surface area contributed by atoms with Gasteiger partial charge in [-0.15, -0.1) is 0 Å². The van der Waals surface area contributed by atoms with E-state index >= 15 is 0 Å². The topological polar surface area (TPSA) is 15.3 Å². The molecule has 0 bridgehead atoms. The van der Waals surface area contributed by atoms with Crippen LogP contribution in [0.2, 0.25) is 0 Å². The summed E-state index contributed by atoms with van der Waals surface area (Å²) in [5.41, 5.74) is 0.404. The monoisotopic (exact) mass is 292 g/mol. The van der Waals surface area contributed by atoms with Gasteiger partial charge in [0.2, 0.25) is 0 Å². The van der Waals surface area contributed by atoms with Gasteiger partial charge in [0, 0.05) is 31.7 Å². The molecule has 1 aliphatic heterocycles. The molecule has 3 fully saturated rings. The zero-order valence-electron chi connectivity index (χ0n) is 14.5. The Bertz CT molecular complexity index is 323. The third-order valence-electron chi connectivity index (χ3n) is 5.69. The van der Waals surface area contributed by atoms with Crippen molar-refractivity contribution in [3.05, 3.63) is 0 Å². The lowest BCUT2D eigenvalue weighted by Crippen LogP contribution is -2.53. The lowest BCUT2D eigenvalue weighted by molar-refractivity contribution is 0.0897. The van der Waals surface area contributed by atoms with E-state index in [9.17, 15) is 0 Å². The van der Waals surface area contributed by atoms with Gasteiger partial charge in [-0.1, -0.05) is 46.5 Å². The van der Waals surface area contributed by atoms with Crippen LogP contribution in [0.3, 0.4) is 0 Å². The fourth-order valence-electron chi connectivity index (χ4n) is 4.40. The molecule has 0 spiro atoms. The van der Waals surface area contributed by atoms with Gasteiger partial charge in [-0.25, -0.2) is 0 Å². The fraction of sp³-hybridized carbons (Fsp3) is 1.00. The number of nitrogens with zero attached hydrogens (tertiary/aromatic N) is 1. The van der Waals surface area contributed by atoms with Crippen LogP contribution in [0.5, 0.6) is 0 Å². The molecule has 2 nitrogen and oxygen atoms in total. The smallest absolute Gasteiger partial charge is 0.0198 e. The van der Waals surface area contributed by atoms with E-state index in [1.165, 1.54) is 64.5 Å². The molecule has 3 rings (SSSR count). The summed E-state index contributed by atoms with van der Waals surface area (Å²) in [6, 6.07) is 1.65. The summed E-state index contributed by atoms with van der Waals surface area (Å²) in [4.78, 5) is 2.86. The van der Waals surface area contributed by atoms with E-state index in [0.29, 0.717) is 5.41 Å². The second kappa shape index (κ2) is 6.58. The van der Waals surface area contributed by atoms with Crippen LogP contribution in [0.15, 0.2) is 0 Å². The molecular formula is C19H36N2. The normalized spacial score (nSPS) is 32.7. The van der Waals surface area contributed by atoms with E-state index in [1.807, 2.05) is 0 Å². The maximum absolute atomic E-state index is 3.90. The van der Waals surface area contributed by atoms with Crippen molar-refractivity contribution in [2.75, 3.05) is 19.6 Å². The number of rotatable bonds is 5. The molecule has 21 heavy (non-hydrogen) atoms. The molecule has 0 aromatic carbocycles. The van der Waals surface area contributed by atoms with Crippen molar-refractivity contribution < 1.29 is 0 Å². The maximum Gasteiger partial charge on any atom is 0.0198 e. The minimum atomic E-state index is 0.404. The molecule has 2 saturated carbocycles. The highest BCUT2D eigenvalue weighted by Gasteiger charge is 2.35. The van der Waals surface area contributed by atoms with E-state index in [0.717, 1.165) is 30.5 Å². The molecule has 122 valence electrons. The molecule has 1 N–H and O–H groups in total. The van der Waals surface area contributed by atoms with Crippen LogP contribution in [0.4, 0.5) is 0 Å². The van der Waals surface area contributed by atoms with Crippen LogP contribution < -0.4 is 5.32 Å². The Labute approximate surface area is 132 Å². The number of likely N-dealkylation sites (tertiary alicyclic amines) is 1.